The third kappa shape index (κ3) is 9.12. The van der Waals surface area contributed by atoms with Crippen LogP contribution in [0.2, 0.25) is 10.0 Å². The van der Waals surface area contributed by atoms with Crippen LogP contribution in [0, 0.1) is 0 Å². The molecule has 3 amide bonds. The van der Waals surface area contributed by atoms with Gasteiger partial charge >= 0.3 is 12.0 Å². The number of carbonyl (C=O) groups excluding carboxylic acids is 3. The maximum absolute atomic E-state index is 14.3. The zero-order valence-corrected chi connectivity index (χ0v) is 34.1. The number of esters is 1. The predicted molar refractivity (Wildman–Crippen MR) is 219 cm³/mol. The Morgan fingerprint density at radius 1 is 0.842 bits per heavy atom. The van der Waals surface area contributed by atoms with E-state index in [-0.39, 0.29) is 35.9 Å². The lowest BCUT2D eigenvalue weighted by molar-refractivity contribution is -0.144. The monoisotopic (exact) mass is 816 g/mol. The van der Waals surface area contributed by atoms with Gasteiger partial charge in [0.05, 0.1) is 47.6 Å². The van der Waals surface area contributed by atoms with E-state index in [1.807, 2.05) is 63.2 Å². The molecule has 0 spiro atoms. The van der Waals surface area contributed by atoms with Gasteiger partial charge in [-0.15, -0.1) is 5.10 Å². The van der Waals surface area contributed by atoms with Crippen LogP contribution in [0.4, 0.5) is 4.79 Å². The molecule has 4 heterocycles. The topological polar surface area (TPSA) is 132 Å². The first kappa shape index (κ1) is 40.6. The van der Waals surface area contributed by atoms with E-state index in [0.29, 0.717) is 67.2 Å². The van der Waals surface area contributed by atoms with E-state index in [4.69, 9.17) is 32.7 Å². The van der Waals surface area contributed by atoms with E-state index >= 15 is 0 Å². The van der Waals surface area contributed by atoms with Crippen molar-refractivity contribution >= 4 is 47.3 Å². The fourth-order valence-corrected chi connectivity index (χ4v) is 8.92. The molecule has 4 aliphatic rings. The molecular weight excluding hydrogens is 767 g/mol. The number of nitrogens with zero attached hydrogens (tertiary/aromatic N) is 7. The Kier molecular flexibility index (Phi) is 12.8. The second kappa shape index (κ2) is 17.9. The predicted octanol–water partition coefficient (Wildman–Crippen LogP) is 6.55. The van der Waals surface area contributed by atoms with Crippen molar-refractivity contribution in [3.63, 3.8) is 0 Å². The molecule has 0 saturated carbocycles. The van der Waals surface area contributed by atoms with E-state index in [9.17, 15) is 14.4 Å². The fraction of sp³-hybridized carbons (Fsp3) is 0.476. The van der Waals surface area contributed by atoms with E-state index in [2.05, 4.69) is 37.8 Å². The second-order valence-electron chi connectivity index (χ2n) is 15.3. The van der Waals surface area contributed by atoms with Crippen molar-refractivity contribution in [3.8, 4) is 5.75 Å². The number of ether oxygens (including phenoxy) is 2. The van der Waals surface area contributed by atoms with Crippen molar-refractivity contribution in [3.05, 3.63) is 99.0 Å². The van der Waals surface area contributed by atoms with Crippen molar-refractivity contribution in [1.82, 2.24) is 24.9 Å². The lowest BCUT2D eigenvalue weighted by Gasteiger charge is -2.45. The number of carbonyl (C=O) groups is 3. The molecule has 0 radical (unpaired) electrons. The van der Waals surface area contributed by atoms with Crippen molar-refractivity contribution < 1.29 is 23.9 Å². The highest BCUT2D eigenvalue weighted by molar-refractivity contribution is 6.42. The largest absolute Gasteiger partial charge is 0.496 e. The van der Waals surface area contributed by atoms with Crippen LogP contribution < -0.4 is 10.1 Å². The standard InChI is InChI=1S/C42H50Cl2N8O5/c1-3-57-38(53)28-50-21-23-51(24-22-50)40(55)46-42(31-7-5-4-6-8-31)15-18-49(19-16-42)17-13-41(32-10-11-34(43)35(44)26-32)14-20-52(29-41)39(54)33-25-30(9-12-37(33)56-2)36-27-45-48-47-36/h4-12,25-27,36H,3,13-24,28-29H2,1-2H3,(H,46,55)/t36?,41-/m0/s1. The van der Waals surface area contributed by atoms with Gasteiger partial charge in [0.25, 0.3) is 5.91 Å². The molecule has 1 unspecified atom stereocenters. The van der Waals surface area contributed by atoms with Gasteiger partial charge in [0.15, 0.2) is 0 Å². The minimum Gasteiger partial charge on any atom is -0.496 e. The van der Waals surface area contributed by atoms with Gasteiger partial charge in [-0.25, -0.2) is 4.79 Å². The number of amides is 3. The number of urea groups is 1. The maximum atomic E-state index is 14.3. The molecule has 302 valence electrons. The van der Waals surface area contributed by atoms with E-state index in [1.54, 1.807) is 26.3 Å². The number of likely N-dealkylation sites (tertiary alicyclic amines) is 2. The Hall–Kier alpha value is -4.56. The molecular formula is C42H50Cl2N8O5. The molecule has 1 N–H and O–H groups in total. The number of halogens is 2. The average molecular weight is 818 g/mol. The summed E-state index contributed by atoms with van der Waals surface area (Å²) in [6.45, 7) is 8.15. The van der Waals surface area contributed by atoms with Crippen molar-refractivity contribution in [2.45, 2.75) is 49.6 Å². The summed E-state index contributed by atoms with van der Waals surface area (Å²) < 4.78 is 10.8. The molecule has 3 aromatic rings. The minimum atomic E-state index is -0.520. The normalized spacial score (nSPS) is 22.1. The summed E-state index contributed by atoms with van der Waals surface area (Å²) in [4.78, 5) is 48.4. The molecule has 0 aromatic heterocycles. The molecule has 3 fully saturated rings. The molecule has 2 atom stereocenters. The van der Waals surface area contributed by atoms with Crippen LogP contribution in [0.25, 0.3) is 0 Å². The number of benzene rings is 3. The first-order valence-corrected chi connectivity index (χ1v) is 20.5. The maximum Gasteiger partial charge on any atom is 0.320 e. The van der Waals surface area contributed by atoms with Crippen LogP contribution >= 0.6 is 23.2 Å². The number of piperidine rings is 1. The molecule has 15 heteroatoms. The number of piperazine rings is 1. The Morgan fingerprint density at radius 2 is 1.61 bits per heavy atom. The van der Waals surface area contributed by atoms with Gasteiger partial charge in [-0.05, 0) is 85.3 Å². The number of rotatable bonds is 12. The number of hydrogen-bond acceptors (Lipinski definition) is 10. The van der Waals surface area contributed by atoms with Crippen LogP contribution in [-0.2, 0) is 20.5 Å². The first-order valence-electron chi connectivity index (χ1n) is 19.7. The van der Waals surface area contributed by atoms with Gasteiger partial charge < -0.3 is 29.5 Å². The highest BCUT2D eigenvalue weighted by atomic mass is 35.5. The molecule has 57 heavy (non-hydrogen) atoms. The second-order valence-corrected chi connectivity index (χ2v) is 16.1. The van der Waals surface area contributed by atoms with Gasteiger partial charge in [-0.1, -0.05) is 65.7 Å². The lowest BCUT2D eigenvalue weighted by Crippen LogP contribution is -2.59. The van der Waals surface area contributed by atoms with E-state index in [0.717, 1.165) is 62.0 Å². The molecule has 3 aromatic carbocycles. The first-order chi connectivity index (χ1) is 27.6. The third-order valence-electron chi connectivity index (χ3n) is 12.0. The Morgan fingerprint density at radius 3 is 2.30 bits per heavy atom. The van der Waals surface area contributed by atoms with E-state index < -0.39 is 5.54 Å². The molecule has 0 aliphatic carbocycles. The molecule has 4 aliphatic heterocycles. The van der Waals surface area contributed by atoms with Gasteiger partial charge in [-0.3, -0.25) is 14.5 Å². The average Bonchev–Trinajstić information content (AvgIpc) is 3.94. The van der Waals surface area contributed by atoms with Crippen LogP contribution in [0.1, 0.15) is 65.7 Å². The van der Waals surface area contributed by atoms with Crippen LogP contribution in [-0.4, -0.2) is 123 Å². The van der Waals surface area contributed by atoms with Crippen LogP contribution in [0.5, 0.6) is 5.75 Å². The smallest absolute Gasteiger partial charge is 0.320 e. The van der Waals surface area contributed by atoms with Gasteiger partial charge in [0.1, 0.15) is 11.8 Å². The SMILES string of the molecule is CCOC(=O)CN1CCN(C(=O)NC2(c3ccccc3)CCN(CC[C@]3(c4ccc(Cl)c(Cl)c4)CCN(C(=O)c4cc(C5C=NN=N5)ccc4OC)C3)CC2)CC1. The summed E-state index contributed by atoms with van der Waals surface area (Å²) in [5, 5.41) is 16.2. The number of hydrogen-bond donors (Lipinski definition) is 1. The van der Waals surface area contributed by atoms with Crippen molar-refractivity contribution in [2.24, 2.45) is 15.4 Å². The summed E-state index contributed by atoms with van der Waals surface area (Å²) in [6, 6.07) is 21.2. The Balaban J connectivity index is 1.04. The van der Waals surface area contributed by atoms with E-state index in [1.165, 1.54) is 0 Å². The Labute approximate surface area is 344 Å². The quantitative estimate of drug-likeness (QED) is 0.205. The highest BCUT2D eigenvalue weighted by Crippen LogP contribution is 2.42. The lowest BCUT2D eigenvalue weighted by atomic mass is 9.76. The van der Waals surface area contributed by atoms with Crippen molar-refractivity contribution in [1.29, 1.82) is 0 Å². The summed E-state index contributed by atoms with van der Waals surface area (Å²) in [5.41, 5.74) is 2.57. The number of nitrogens with one attached hydrogen (secondary N) is 1. The summed E-state index contributed by atoms with van der Waals surface area (Å²) in [6.07, 6.45) is 4.70. The van der Waals surface area contributed by atoms with Gasteiger partial charge in [-0.2, -0.15) is 5.11 Å². The minimum absolute atomic E-state index is 0.0830. The summed E-state index contributed by atoms with van der Waals surface area (Å²) >= 11 is 13.0. The fourth-order valence-electron chi connectivity index (χ4n) is 8.62. The summed E-state index contributed by atoms with van der Waals surface area (Å²) in [7, 11) is 1.57. The molecule has 13 nitrogen and oxygen atoms in total. The zero-order valence-electron chi connectivity index (χ0n) is 32.5. The zero-order chi connectivity index (χ0) is 40.0. The molecule has 3 saturated heterocycles. The van der Waals surface area contributed by atoms with Crippen LogP contribution in [0.3, 0.4) is 0 Å². The van der Waals surface area contributed by atoms with Gasteiger partial charge in [0.2, 0.25) is 0 Å². The number of methoxy groups -OCH3 is 1. The molecule has 0 bridgehead atoms. The summed E-state index contributed by atoms with van der Waals surface area (Å²) in [5.74, 6) is 0.156. The van der Waals surface area contributed by atoms with Gasteiger partial charge in [0, 0.05) is 57.8 Å². The third-order valence-corrected chi connectivity index (χ3v) is 12.7. The Bertz CT molecular complexity index is 1970. The van der Waals surface area contributed by atoms with Crippen molar-refractivity contribution in [2.75, 3.05) is 79.2 Å². The van der Waals surface area contributed by atoms with Crippen LogP contribution in [0.15, 0.2) is 82.2 Å². The molecule has 7 rings (SSSR count). The highest BCUT2D eigenvalue weighted by Gasteiger charge is 2.44.